The number of imidazole rings is 1. The van der Waals surface area contributed by atoms with Crippen molar-refractivity contribution >= 4 is 51.2 Å². The summed E-state index contributed by atoms with van der Waals surface area (Å²) in [7, 11) is 0. The lowest BCUT2D eigenvalue weighted by Gasteiger charge is -2.54. The Hall–Kier alpha value is -4.77. The summed E-state index contributed by atoms with van der Waals surface area (Å²) >= 11 is 0. The molecule has 2 bridgehead atoms. The Balaban J connectivity index is 1.37. The Morgan fingerprint density at radius 3 is 2.23 bits per heavy atom. The van der Waals surface area contributed by atoms with Crippen LogP contribution in [0.25, 0.3) is 28.1 Å². The molecule has 0 saturated heterocycles. The normalized spacial score (nSPS) is 22.1. The number of ether oxygens (including phenoxy) is 1. The van der Waals surface area contributed by atoms with Gasteiger partial charge in [-0.15, -0.1) is 0 Å². The van der Waals surface area contributed by atoms with Crippen LogP contribution in [0.1, 0.15) is 67.3 Å². The SMILES string of the molecule is Cc1cc2c3c(c1)-n1c(-c4c(C)cccc4C)nc4cc5c(c(c41)B3c1cccc3c1N2c1ccccc1O3)C1(C)CCC5(C)CC1. The first-order chi connectivity index (χ1) is 22.8. The molecule has 4 nitrogen and oxygen atoms in total. The van der Waals surface area contributed by atoms with E-state index in [1.807, 2.05) is 0 Å². The van der Waals surface area contributed by atoms with Crippen LogP contribution in [0, 0.1) is 20.8 Å². The number of fused-ring (bicyclic) bond motifs is 8. The first-order valence-electron chi connectivity index (χ1n) is 17.3. The second-order valence-electron chi connectivity index (χ2n) is 15.5. The van der Waals surface area contributed by atoms with Gasteiger partial charge in [0, 0.05) is 16.9 Å². The number of hydrogen-bond acceptors (Lipinski definition) is 3. The van der Waals surface area contributed by atoms with Gasteiger partial charge in [0.25, 0.3) is 6.71 Å². The number of nitrogens with zero attached hydrogens (tertiary/aromatic N) is 3. The molecule has 6 aliphatic rings. The first kappa shape index (κ1) is 26.3. The molecule has 0 amide bonds. The lowest BCUT2D eigenvalue weighted by molar-refractivity contribution is 0.189. The van der Waals surface area contributed by atoms with E-state index in [0.29, 0.717) is 0 Å². The highest BCUT2D eigenvalue weighted by atomic mass is 16.5. The number of aromatic nitrogens is 2. The van der Waals surface area contributed by atoms with Crippen LogP contribution in [-0.4, -0.2) is 16.3 Å². The fraction of sp³-hybridized carbons (Fsp3) is 0.262. The van der Waals surface area contributed by atoms with Crippen LogP contribution in [0.5, 0.6) is 11.5 Å². The van der Waals surface area contributed by atoms with Crippen molar-refractivity contribution in [3.8, 4) is 28.6 Å². The van der Waals surface area contributed by atoms with Crippen LogP contribution in [-0.2, 0) is 10.8 Å². The van der Waals surface area contributed by atoms with Crippen molar-refractivity contribution in [2.45, 2.75) is 71.1 Å². The monoisotopic (exact) mass is 609 g/mol. The van der Waals surface area contributed by atoms with Gasteiger partial charge in [-0.25, -0.2) is 4.98 Å². The average Bonchev–Trinajstić information content (AvgIpc) is 3.44. The van der Waals surface area contributed by atoms with E-state index in [1.165, 1.54) is 86.9 Å². The third kappa shape index (κ3) is 3.05. The van der Waals surface area contributed by atoms with E-state index in [-0.39, 0.29) is 17.5 Å². The van der Waals surface area contributed by atoms with E-state index in [9.17, 15) is 0 Å². The lowest BCUT2D eigenvalue weighted by Crippen LogP contribution is -2.64. The van der Waals surface area contributed by atoms with Crippen molar-refractivity contribution in [3.05, 3.63) is 107 Å². The lowest BCUT2D eigenvalue weighted by atomic mass is 9.31. The maximum absolute atomic E-state index is 6.68. The van der Waals surface area contributed by atoms with Gasteiger partial charge >= 0.3 is 0 Å². The molecule has 228 valence electrons. The van der Waals surface area contributed by atoms with Crippen LogP contribution in [0.3, 0.4) is 0 Å². The van der Waals surface area contributed by atoms with Crippen molar-refractivity contribution in [1.82, 2.24) is 9.55 Å². The van der Waals surface area contributed by atoms with Crippen molar-refractivity contribution in [2.75, 3.05) is 4.90 Å². The Labute approximate surface area is 276 Å². The molecule has 3 aliphatic carbocycles. The minimum Gasteiger partial charge on any atom is -0.453 e. The van der Waals surface area contributed by atoms with Gasteiger partial charge in [0.2, 0.25) is 0 Å². The van der Waals surface area contributed by atoms with Gasteiger partial charge < -0.3 is 9.64 Å². The van der Waals surface area contributed by atoms with Crippen LogP contribution in [0.15, 0.2) is 78.9 Å². The van der Waals surface area contributed by atoms with Crippen molar-refractivity contribution in [2.24, 2.45) is 0 Å². The molecule has 0 spiro atoms. The molecular formula is C42H36BN3O. The molecule has 1 fully saturated rings. The summed E-state index contributed by atoms with van der Waals surface area (Å²) in [5.74, 6) is 2.90. The topological polar surface area (TPSA) is 30.3 Å². The summed E-state index contributed by atoms with van der Waals surface area (Å²) in [5.41, 5.74) is 19.9. The zero-order chi connectivity index (χ0) is 31.6. The van der Waals surface area contributed by atoms with E-state index in [4.69, 9.17) is 9.72 Å². The van der Waals surface area contributed by atoms with Gasteiger partial charge in [0.15, 0.2) is 11.5 Å². The molecule has 1 aromatic heterocycles. The van der Waals surface area contributed by atoms with Gasteiger partial charge in [-0.3, -0.25) is 4.57 Å². The minimum absolute atomic E-state index is 0.0907. The van der Waals surface area contributed by atoms with Crippen LogP contribution >= 0.6 is 0 Å². The molecule has 6 aromatic rings. The number of hydrogen-bond donors (Lipinski definition) is 0. The zero-order valence-corrected chi connectivity index (χ0v) is 27.7. The van der Waals surface area contributed by atoms with Crippen LogP contribution in [0.4, 0.5) is 17.1 Å². The molecule has 5 heteroatoms. The Kier molecular flexibility index (Phi) is 4.69. The fourth-order valence-corrected chi connectivity index (χ4v) is 10.3. The first-order valence-corrected chi connectivity index (χ1v) is 17.3. The predicted octanol–water partition coefficient (Wildman–Crippen LogP) is 8.44. The van der Waals surface area contributed by atoms with Crippen LogP contribution in [0.2, 0.25) is 0 Å². The maximum Gasteiger partial charge on any atom is 0.252 e. The van der Waals surface area contributed by atoms with E-state index in [2.05, 4.69) is 123 Å². The maximum atomic E-state index is 6.68. The van der Waals surface area contributed by atoms with Gasteiger partial charge in [0.05, 0.1) is 22.4 Å². The van der Waals surface area contributed by atoms with E-state index in [1.54, 1.807) is 11.1 Å². The Morgan fingerprint density at radius 2 is 1.43 bits per heavy atom. The second kappa shape index (κ2) is 8.38. The molecule has 0 atom stereocenters. The molecule has 47 heavy (non-hydrogen) atoms. The largest absolute Gasteiger partial charge is 0.453 e. The highest BCUT2D eigenvalue weighted by Gasteiger charge is 2.54. The third-order valence-corrected chi connectivity index (χ3v) is 12.6. The van der Waals surface area contributed by atoms with Gasteiger partial charge in [-0.2, -0.15) is 0 Å². The third-order valence-electron chi connectivity index (χ3n) is 12.6. The highest BCUT2D eigenvalue weighted by molar-refractivity contribution is 7.00. The number of aryl methyl sites for hydroxylation is 3. The predicted molar refractivity (Wildman–Crippen MR) is 193 cm³/mol. The molecule has 12 rings (SSSR count). The molecule has 0 unspecified atom stereocenters. The summed E-state index contributed by atoms with van der Waals surface area (Å²) in [6.07, 6.45) is 4.97. The Morgan fingerprint density at radius 1 is 0.723 bits per heavy atom. The van der Waals surface area contributed by atoms with Gasteiger partial charge in [-0.05, 0) is 138 Å². The van der Waals surface area contributed by atoms with Gasteiger partial charge in [-0.1, -0.05) is 56.3 Å². The molecule has 3 aliphatic heterocycles. The van der Waals surface area contributed by atoms with E-state index >= 15 is 0 Å². The molecular weight excluding hydrogens is 573 g/mol. The average molecular weight is 610 g/mol. The molecule has 1 saturated carbocycles. The van der Waals surface area contributed by atoms with Crippen molar-refractivity contribution < 1.29 is 4.74 Å². The second-order valence-corrected chi connectivity index (χ2v) is 15.5. The van der Waals surface area contributed by atoms with Crippen LogP contribution < -0.4 is 26.0 Å². The smallest absolute Gasteiger partial charge is 0.252 e. The zero-order valence-electron chi connectivity index (χ0n) is 27.7. The summed E-state index contributed by atoms with van der Waals surface area (Å²) in [4.78, 5) is 8.15. The molecule has 4 heterocycles. The fourth-order valence-electron chi connectivity index (χ4n) is 10.3. The quantitative estimate of drug-likeness (QED) is 0.175. The van der Waals surface area contributed by atoms with Crippen molar-refractivity contribution in [3.63, 3.8) is 0 Å². The number of rotatable bonds is 1. The minimum atomic E-state index is 0.0907. The summed E-state index contributed by atoms with van der Waals surface area (Å²) in [6, 6.07) is 29.2. The number of para-hydroxylation sites is 3. The van der Waals surface area contributed by atoms with E-state index < -0.39 is 0 Å². The Bertz CT molecular complexity index is 2410. The molecule has 0 radical (unpaired) electrons. The standard InChI is InChI=1S/C42H36BN3O/c1-23-20-30-36-31(21-23)46-39-28(44-40(46)34-24(2)10-8-11-25(34)3)22-26-35(42(5)18-16-41(26,4)17-19-42)37(39)43(36)27-12-9-15-33-38(27)45(30)29-13-6-7-14-32(29)47-33/h6-15,20-22H,16-19H2,1-5H3. The summed E-state index contributed by atoms with van der Waals surface area (Å²) in [6.45, 7) is 11.9. The number of anilines is 3. The molecule has 0 N–H and O–H groups in total. The van der Waals surface area contributed by atoms with Crippen molar-refractivity contribution in [1.29, 1.82) is 0 Å². The van der Waals surface area contributed by atoms with E-state index in [0.717, 1.165) is 28.5 Å². The van der Waals surface area contributed by atoms with Gasteiger partial charge in [0.1, 0.15) is 5.82 Å². The molecule has 5 aromatic carbocycles. The summed E-state index contributed by atoms with van der Waals surface area (Å²) in [5, 5.41) is 0. The highest BCUT2D eigenvalue weighted by Crippen LogP contribution is 2.58. The number of benzene rings is 5. The summed E-state index contributed by atoms with van der Waals surface area (Å²) < 4.78 is 9.25.